The molecule has 0 aromatic heterocycles. The number of nitrogens with zero attached hydrogens (tertiary/aromatic N) is 1. The topological polar surface area (TPSA) is 76.1 Å². The van der Waals surface area contributed by atoms with Gasteiger partial charge in [0.05, 0.1) is 6.10 Å². The standard InChI is InChI=1S/C18H25NO5/c1-13(2)11-23-15-6-8-19(9-7-15)18(22)14-4-3-5-16(10-14)24-12-17(20)21/h3-5,10,13,15H,6-9,11-12H2,1-2H3,(H,20,21). The fourth-order valence-corrected chi connectivity index (χ4v) is 2.60. The van der Waals surface area contributed by atoms with E-state index in [-0.39, 0.29) is 12.0 Å². The number of carbonyl (C=O) groups is 2. The predicted molar refractivity (Wildman–Crippen MR) is 89.3 cm³/mol. The van der Waals surface area contributed by atoms with Gasteiger partial charge in [-0.25, -0.2) is 4.79 Å². The molecule has 0 aliphatic carbocycles. The summed E-state index contributed by atoms with van der Waals surface area (Å²) in [5, 5.41) is 8.65. The van der Waals surface area contributed by atoms with Gasteiger partial charge in [-0.1, -0.05) is 19.9 Å². The molecule has 0 bridgehead atoms. The van der Waals surface area contributed by atoms with Crippen LogP contribution in [0, 0.1) is 5.92 Å². The number of likely N-dealkylation sites (tertiary alicyclic amines) is 1. The summed E-state index contributed by atoms with van der Waals surface area (Å²) in [6.45, 7) is 5.91. The Balaban J connectivity index is 1.88. The molecule has 0 unspecified atom stereocenters. The lowest BCUT2D eigenvalue weighted by Crippen LogP contribution is -2.41. The molecule has 6 heteroatoms. The lowest BCUT2D eigenvalue weighted by molar-refractivity contribution is -0.139. The molecule has 2 rings (SSSR count). The van der Waals surface area contributed by atoms with E-state index in [9.17, 15) is 9.59 Å². The van der Waals surface area contributed by atoms with Crippen molar-refractivity contribution >= 4 is 11.9 Å². The second kappa shape index (κ2) is 8.68. The molecular weight excluding hydrogens is 310 g/mol. The Kier molecular flexibility index (Phi) is 6.61. The van der Waals surface area contributed by atoms with Gasteiger partial charge in [0, 0.05) is 25.3 Å². The number of carboxylic acids is 1. The van der Waals surface area contributed by atoms with Crippen LogP contribution in [0.1, 0.15) is 37.0 Å². The van der Waals surface area contributed by atoms with E-state index in [0.29, 0.717) is 30.3 Å². The van der Waals surface area contributed by atoms with Crippen LogP contribution < -0.4 is 4.74 Å². The van der Waals surface area contributed by atoms with E-state index in [0.717, 1.165) is 19.4 Å². The zero-order valence-electron chi connectivity index (χ0n) is 14.2. The van der Waals surface area contributed by atoms with Crippen molar-refractivity contribution in [3.8, 4) is 5.75 Å². The molecule has 1 aliphatic heterocycles. The lowest BCUT2D eigenvalue weighted by atomic mass is 10.1. The van der Waals surface area contributed by atoms with Crippen LogP contribution in [0.25, 0.3) is 0 Å². The number of carbonyl (C=O) groups excluding carboxylic acids is 1. The number of hydrogen-bond donors (Lipinski definition) is 1. The highest BCUT2D eigenvalue weighted by atomic mass is 16.5. The SMILES string of the molecule is CC(C)COC1CCN(C(=O)c2cccc(OCC(=O)O)c2)CC1. The van der Waals surface area contributed by atoms with E-state index >= 15 is 0 Å². The molecule has 0 saturated carbocycles. The van der Waals surface area contributed by atoms with Crippen LogP contribution in [0.5, 0.6) is 5.75 Å². The Morgan fingerprint density at radius 2 is 2.00 bits per heavy atom. The van der Waals surface area contributed by atoms with Crippen molar-refractivity contribution in [2.24, 2.45) is 5.92 Å². The minimum atomic E-state index is -1.05. The molecule has 1 aromatic rings. The minimum Gasteiger partial charge on any atom is -0.482 e. The van der Waals surface area contributed by atoms with Gasteiger partial charge in [-0.05, 0) is 37.0 Å². The third-order valence-electron chi connectivity index (χ3n) is 3.84. The van der Waals surface area contributed by atoms with Crippen LogP contribution in [0.15, 0.2) is 24.3 Å². The largest absolute Gasteiger partial charge is 0.482 e. The van der Waals surface area contributed by atoms with Crippen molar-refractivity contribution in [3.63, 3.8) is 0 Å². The van der Waals surface area contributed by atoms with Gasteiger partial charge in [0.2, 0.25) is 0 Å². The van der Waals surface area contributed by atoms with Gasteiger partial charge < -0.3 is 19.5 Å². The van der Waals surface area contributed by atoms with Gasteiger partial charge in [-0.3, -0.25) is 4.79 Å². The summed E-state index contributed by atoms with van der Waals surface area (Å²) >= 11 is 0. The van der Waals surface area contributed by atoms with Crippen LogP contribution in [0.3, 0.4) is 0 Å². The maximum atomic E-state index is 12.6. The van der Waals surface area contributed by atoms with Crippen LogP contribution in [0.2, 0.25) is 0 Å². The predicted octanol–water partition coefficient (Wildman–Crippen LogP) is 2.43. The van der Waals surface area contributed by atoms with Crippen molar-refractivity contribution in [1.29, 1.82) is 0 Å². The quantitative estimate of drug-likeness (QED) is 0.828. The van der Waals surface area contributed by atoms with E-state index in [1.807, 2.05) is 4.90 Å². The van der Waals surface area contributed by atoms with Crippen LogP contribution in [0.4, 0.5) is 0 Å². The number of carboxylic acid groups (broad SMARTS) is 1. The first-order valence-electron chi connectivity index (χ1n) is 8.31. The monoisotopic (exact) mass is 335 g/mol. The normalized spacial score (nSPS) is 15.5. The van der Waals surface area contributed by atoms with E-state index in [2.05, 4.69) is 13.8 Å². The number of benzene rings is 1. The average molecular weight is 335 g/mol. The van der Waals surface area contributed by atoms with Crippen molar-refractivity contribution in [2.45, 2.75) is 32.8 Å². The smallest absolute Gasteiger partial charge is 0.341 e. The van der Waals surface area contributed by atoms with Crippen LogP contribution >= 0.6 is 0 Å². The average Bonchev–Trinajstić information content (AvgIpc) is 2.58. The van der Waals surface area contributed by atoms with Gasteiger partial charge in [0.15, 0.2) is 6.61 Å². The molecule has 0 spiro atoms. The molecule has 24 heavy (non-hydrogen) atoms. The molecule has 1 aliphatic rings. The van der Waals surface area contributed by atoms with Gasteiger partial charge >= 0.3 is 5.97 Å². The van der Waals surface area contributed by atoms with Gasteiger partial charge in [0.1, 0.15) is 5.75 Å². The number of ether oxygens (including phenoxy) is 2. The summed E-state index contributed by atoms with van der Waals surface area (Å²) in [4.78, 5) is 24.9. The zero-order chi connectivity index (χ0) is 17.5. The Bertz CT molecular complexity index is 564. The molecule has 132 valence electrons. The summed E-state index contributed by atoms with van der Waals surface area (Å²) in [7, 11) is 0. The molecule has 6 nitrogen and oxygen atoms in total. The molecular formula is C18H25NO5. The van der Waals surface area contributed by atoms with Crippen molar-refractivity contribution in [1.82, 2.24) is 4.90 Å². The van der Waals surface area contributed by atoms with Crippen LogP contribution in [-0.4, -0.2) is 54.3 Å². The van der Waals surface area contributed by atoms with E-state index in [1.54, 1.807) is 24.3 Å². The van der Waals surface area contributed by atoms with Crippen molar-refractivity contribution in [3.05, 3.63) is 29.8 Å². The fraction of sp³-hybridized carbons (Fsp3) is 0.556. The van der Waals surface area contributed by atoms with Crippen molar-refractivity contribution in [2.75, 3.05) is 26.3 Å². The Hall–Kier alpha value is -2.08. The lowest BCUT2D eigenvalue weighted by Gasteiger charge is -2.32. The first-order chi connectivity index (χ1) is 11.5. The summed E-state index contributed by atoms with van der Waals surface area (Å²) in [5.74, 6) is -0.204. The van der Waals surface area contributed by atoms with Crippen LogP contribution in [-0.2, 0) is 9.53 Å². The number of hydrogen-bond acceptors (Lipinski definition) is 4. The third-order valence-corrected chi connectivity index (χ3v) is 3.84. The third kappa shape index (κ3) is 5.53. The number of amides is 1. The first-order valence-corrected chi connectivity index (χ1v) is 8.31. The molecule has 1 heterocycles. The molecule has 1 fully saturated rings. The molecule has 1 N–H and O–H groups in total. The molecule has 1 aromatic carbocycles. The molecule has 1 amide bonds. The Morgan fingerprint density at radius 3 is 2.62 bits per heavy atom. The molecule has 1 saturated heterocycles. The summed E-state index contributed by atoms with van der Waals surface area (Å²) in [5.41, 5.74) is 0.513. The highest BCUT2D eigenvalue weighted by Crippen LogP contribution is 2.19. The second-order valence-electron chi connectivity index (χ2n) is 6.43. The number of rotatable bonds is 7. The second-order valence-corrected chi connectivity index (χ2v) is 6.43. The zero-order valence-corrected chi connectivity index (χ0v) is 14.2. The summed E-state index contributed by atoms with van der Waals surface area (Å²) in [6.07, 6.45) is 1.91. The number of piperidine rings is 1. The maximum Gasteiger partial charge on any atom is 0.341 e. The fourth-order valence-electron chi connectivity index (χ4n) is 2.60. The summed E-state index contributed by atoms with van der Waals surface area (Å²) in [6, 6.07) is 6.65. The number of aliphatic carboxylic acids is 1. The van der Waals surface area contributed by atoms with E-state index in [4.69, 9.17) is 14.6 Å². The van der Waals surface area contributed by atoms with Gasteiger partial charge in [-0.2, -0.15) is 0 Å². The Morgan fingerprint density at radius 1 is 1.29 bits per heavy atom. The Labute approximate surface area is 142 Å². The molecule has 0 atom stereocenters. The summed E-state index contributed by atoms with van der Waals surface area (Å²) < 4.78 is 11.0. The van der Waals surface area contributed by atoms with E-state index < -0.39 is 12.6 Å². The maximum absolute atomic E-state index is 12.6. The molecule has 0 radical (unpaired) electrons. The van der Waals surface area contributed by atoms with Gasteiger partial charge in [0.25, 0.3) is 5.91 Å². The first kappa shape index (κ1) is 18.3. The van der Waals surface area contributed by atoms with Gasteiger partial charge in [-0.15, -0.1) is 0 Å². The van der Waals surface area contributed by atoms with E-state index in [1.165, 1.54) is 0 Å². The highest BCUT2D eigenvalue weighted by molar-refractivity contribution is 5.94. The van der Waals surface area contributed by atoms with Crippen molar-refractivity contribution < 1.29 is 24.2 Å². The highest BCUT2D eigenvalue weighted by Gasteiger charge is 2.24. The minimum absolute atomic E-state index is 0.0573.